The number of hydrogen-bond donors (Lipinski definition) is 2. The molecule has 0 bridgehead atoms. The van der Waals surface area contributed by atoms with E-state index in [-0.39, 0.29) is 17.9 Å². The van der Waals surface area contributed by atoms with Crippen LogP contribution in [-0.4, -0.2) is 49.0 Å². The quantitative estimate of drug-likeness (QED) is 0.486. The number of hydrogen-bond acceptors (Lipinski definition) is 8. The second kappa shape index (κ2) is 10.4. The van der Waals surface area contributed by atoms with Crippen LogP contribution >= 0.6 is 11.8 Å². The summed E-state index contributed by atoms with van der Waals surface area (Å²) in [5.41, 5.74) is 1.61. The Morgan fingerprint density at radius 1 is 1.16 bits per heavy atom. The first-order valence-electron chi connectivity index (χ1n) is 10.1. The number of esters is 1. The van der Waals surface area contributed by atoms with Crippen LogP contribution in [0.5, 0.6) is 5.75 Å². The third kappa shape index (κ3) is 5.76. The molecule has 4 rings (SSSR count). The Hall–Kier alpha value is -3.14. The molecule has 2 atom stereocenters. The topological polar surface area (TPSA) is 103 Å². The first kappa shape index (κ1) is 22.1. The number of rotatable bonds is 7. The summed E-state index contributed by atoms with van der Waals surface area (Å²) in [5, 5.41) is 5.08. The fourth-order valence-corrected chi connectivity index (χ4v) is 3.93. The summed E-state index contributed by atoms with van der Waals surface area (Å²) in [6, 6.07) is 16.0. The van der Waals surface area contributed by atoms with Gasteiger partial charge < -0.3 is 19.5 Å². The van der Waals surface area contributed by atoms with Crippen molar-refractivity contribution < 1.29 is 28.6 Å². The molecule has 2 fully saturated rings. The Morgan fingerprint density at radius 3 is 2.59 bits per heavy atom. The fourth-order valence-electron chi connectivity index (χ4n) is 3.25. The van der Waals surface area contributed by atoms with Crippen molar-refractivity contribution in [2.75, 3.05) is 19.8 Å². The number of benzene rings is 2. The summed E-state index contributed by atoms with van der Waals surface area (Å²) >= 11 is 0.857. The van der Waals surface area contributed by atoms with E-state index < -0.39 is 18.0 Å². The van der Waals surface area contributed by atoms with Crippen molar-refractivity contribution in [2.24, 2.45) is 0 Å². The SMILES string of the molecule is O=C1NC(=O)C(=Cc2ccc(OC(C(=O)OCc3ccccc3)[C@@H]3COCCN3)cc2)S1. The number of ether oxygens (including phenoxy) is 3. The van der Waals surface area contributed by atoms with Crippen LogP contribution in [0.4, 0.5) is 4.79 Å². The number of carbonyl (C=O) groups excluding carboxylic acids is 3. The molecule has 2 amide bonds. The third-order valence-electron chi connectivity index (χ3n) is 4.85. The Balaban J connectivity index is 1.44. The summed E-state index contributed by atoms with van der Waals surface area (Å²) in [6.07, 6.45) is 0.730. The zero-order chi connectivity index (χ0) is 22.3. The van der Waals surface area contributed by atoms with Crippen LogP contribution in [0.1, 0.15) is 11.1 Å². The van der Waals surface area contributed by atoms with Gasteiger partial charge in [-0.3, -0.25) is 14.9 Å². The van der Waals surface area contributed by atoms with Gasteiger partial charge in [-0.15, -0.1) is 0 Å². The van der Waals surface area contributed by atoms with Crippen LogP contribution in [-0.2, 0) is 25.7 Å². The lowest BCUT2D eigenvalue weighted by Crippen LogP contribution is -2.54. The van der Waals surface area contributed by atoms with E-state index in [1.807, 2.05) is 30.3 Å². The van der Waals surface area contributed by atoms with E-state index in [4.69, 9.17) is 14.2 Å². The first-order valence-corrected chi connectivity index (χ1v) is 10.9. The van der Waals surface area contributed by atoms with Crippen LogP contribution < -0.4 is 15.4 Å². The van der Waals surface area contributed by atoms with Gasteiger partial charge in [-0.1, -0.05) is 42.5 Å². The van der Waals surface area contributed by atoms with Crippen LogP contribution in [0, 0.1) is 0 Å². The fraction of sp³-hybridized carbons (Fsp3) is 0.261. The predicted molar refractivity (Wildman–Crippen MR) is 119 cm³/mol. The molecule has 2 aliphatic rings. The summed E-state index contributed by atoms with van der Waals surface area (Å²) < 4.78 is 17.0. The van der Waals surface area contributed by atoms with Crippen molar-refractivity contribution >= 4 is 35.0 Å². The number of carbonyl (C=O) groups is 3. The molecule has 0 aliphatic carbocycles. The van der Waals surface area contributed by atoms with E-state index in [9.17, 15) is 14.4 Å². The van der Waals surface area contributed by atoms with Gasteiger partial charge in [-0.2, -0.15) is 0 Å². The maximum absolute atomic E-state index is 12.9. The van der Waals surface area contributed by atoms with Gasteiger partial charge in [0.05, 0.1) is 24.2 Å². The molecular formula is C23H22N2O6S. The molecule has 0 saturated carbocycles. The smallest absolute Gasteiger partial charge is 0.349 e. The van der Waals surface area contributed by atoms with Crippen LogP contribution in [0.2, 0.25) is 0 Å². The molecule has 0 radical (unpaired) electrons. The van der Waals surface area contributed by atoms with E-state index in [1.165, 1.54) is 0 Å². The number of nitrogens with one attached hydrogen (secondary N) is 2. The highest BCUT2D eigenvalue weighted by molar-refractivity contribution is 8.18. The Labute approximate surface area is 189 Å². The second-order valence-electron chi connectivity index (χ2n) is 7.19. The highest BCUT2D eigenvalue weighted by atomic mass is 32.2. The molecule has 2 aromatic carbocycles. The normalized spacial score (nSPS) is 20.6. The van der Waals surface area contributed by atoms with Crippen molar-refractivity contribution in [3.05, 3.63) is 70.6 Å². The zero-order valence-corrected chi connectivity index (χ0v) is 17.9. The summed E-state index contributed by atoms with van der Waals surface area (Å²) in [4.78, 5) is 36.2. The van der Waals surface area contributed by atoms with Crippen LogP contribution in [0.15, 0.2) is 59.5 Å². The van der Waals surface area contributed by atoms with Crippen molar-refractivity contribution in [1.82, 2.24) is 10.6 Å². The lowest BCUT2D eigenvalue weighted by atomic mass is 10.1. The van der Waals surface area contributed by atoms with Gasteiger partial charge in [0.2, 0.25) is 6.10 Å². The second-order valence-corrected chi connectivity index (χ2v) is 8.20. The number of imide groups is 1. The van der Waals surface area contributed by atoms with Crippen LogP contribution in [0.25, 0.3) is 6.08 Å². The molecule has 1 unspecified atom stereocenters. The van der Waals surface area contributed by atoms with Gasteiger partial charge in [-0.05, 0) is 41.1 Å². The van der Waals surface area contributed by atoms with E-state index in [2.05, 4.69) is 10.6 Å². The number of amides is 2. The van der Waals surface area contributed by atoms with Crippen molar-refractivity contribution in [3.8, 4) is 5.75 Å². The monoisotopic (exact) mass is 454 g/mol. The molecule has 2 aliphatic heterocycles. The Morgan fingerprint density at radius 2 is 1.94 bits per heavy atom. The zero-order valence-electron chi connectivity index (χ0n) is 17.1. The number of thioether (sulfide) groups is 1. The average molecular weight is 455 g/mol. The standard InChI is InChI=1S/C23H22N2O6S/c26-21-19(32-23(28)25-21)12-15-6-8-17(9-7-15)31-20(18-14-29-11-10-24-18)22(27)30-13-16-4-2-1-3-5-16/h1-9,12,18,20,24H,10-11,13-14H2,(H,25,26,28)/t18-,20?/m0/s1. The molecule has 32 heavy (non-hydrogen) atoms. The molecule has 8 nitrogen and oxygen atoms in total. The highest BCUT2D eigenvalue weighted by Gasteiger charge is 2.33. The largest absolute Gasteiger partial charge is 0.477 e. The molecule has 9 heteroatoms. The molecule has 0 aromatic heterocycles. The van der Waals surface area contributed by atoms with Crippen molar-refractivity contribution in [1.29, 1.82) is 0 Å². The molecule has 166 valence electrons. The molecule has 0 spiro atoms. The van der Waals surface area contributed by atoms with Gasteiger partial charge in [0.15, 0.2) is 0 Å². The highest BCUT2D eigenvalue weighted by Crippen LogP contribution is 2.26. The minimum atomic E-state index is -0.892. The molecule has 2 saturated heterocycles. The third-order valence-corrected chi connectivity index (χ3v) is 5.67. The molecular weight excluding hydrogens is 432 g/mol. The van der Waals surface area contributed by atoms with E-state index in [1.54, 1.807) is 30.3 Å². The van der Waals surface area contributed by atoms with Gasteiger partial charge in [-0.25, -0.2) is 4.79 Å². The van der Waals surface area contributed by atoms with Crippen molar-refractivity contribution in [2.45, 2.75) is 18.8 Å². The van der Waals surface area contributed by atoms with E-state index in [0.29, 0.717) is 30.4 Å². The number of morpholine rings is 1. The molecule has 2 aromatic rings. The maximum atomic E-state index is 12.9. The maximum Gasteiger partial charge on any atom is 0.349 e. The average Bonchev–Trinajstić information content (AvgIpc) is 3.14. The summed E-state index contributed by atoms with van der Waals surface area (Å²) in [6.45, 7) is 1.66. The van der Waals surface area contributed by atoms with Crippen molar-refractivity contribution in [3.63, 3.8) is 0 Å². The molecule has 2 N–H and O–H groups in total. The lowest BCUT2D eigenvalue weighted by Gasteiger charge is -2.30. The van der Waals surface area contributed by atoms with E-state index >= 15 is 0 Å². The van der Waals surface area contributed by atoms with Gasteiger partial charge >= 0.3 is 5.97 Å². The first-order chi connectivity index (χ1) is 15.6. The minimum Gasteiger partial charge on any atom is -0.477 e. The van der Waals surface area contributed by atoms with Crippen LogP contribution in [0.3, 0.4) is 0 Å². The van der Waals surface area contributed by atoms with Gasteiger partial charge in [0.1, 0.15) is 12.4 Å². The Bertz CT molecular complexity index is 1000. The summed E-state index contributed by atoms with van der Waals surface area (Å²) in [5.74, 6) is -0.425. The van der Waals surface area contributed by atoms with Gasteiger partial charge in [0.25, 0.3) is 11.1 Å². The minimum absolute atomic E-state index is 0.151. The predicted octanol–water partition coefficient (Wildman–Crippen LogP) is 2.49. The van der Waals surface area contributed by atoms with Gasteiger partial charge in [0, 0.05) is 6.54 Å². The lowest BCUT2D eigenvalue weighted by molar-refractivity contribution is -0.156. The molecule has 2 heterocycles. The van der Waals surface area contributed by atoms with E-state index in [0.717, 1.165) is 22.9 Å². The summed E-state index contributed by atoms with van der Waals surface area (Å²) in [7, 11) is 0. The Kier molecular flexibility index (Phi) is 7.21.